The molecule has 0 saturated carbocycles. The summed E-state index contributed by atoms with van der Waals surface area (Å²) in [6.45, 7) is 1.73. The number of nitriles is 1. The van der Waals surface area contributed by atoms with Crippen LogP contribution in [0.25, 0.3) is 0 Å². The average molecular weight is 250 g/mol. The number of halogens is 3. The fourth-order valence-electron chi connectivity index (χ4n) is 0.930. The van der Waals surface area contributed by atoms with Gasteiger partial charge in [0.15, 0.2) is 0 Å². The van der Waals surface area contributed by atoms with Gasteiger partial charge >= 0.3 is 6.18 Å². The summed E-state index contributed by atoms with van der Waals surface area (Å²) in [5.74, 6) is 0. The van der Waals surface area contributed by atoms with Crippen molar-refractivity contribution in [1.29, 1.82) is 5.26 Å². The van der Waals surface area contributed by atoms with E-state index >= 15 is 0 Å². The number of aromatic nitrogens is 2. The Hall–Kier alpha value is -1.36. The zero-order valence-electron chi connectivity index (χ0n) is 8.62. The van der Waals surface area contributed by atoms with Crippen molar-refractivity contribution in [3.8, 4) is 6.07 Å². The molecule has 0 fully saturated rings. The number of anilines is 1. The Morgan fingerprint density at radius 1 is 1.50 bits per heavy atom. The molecule has 1 aromatic heterocycles. The van der Waals surface area contributed by atoms with Crippen molar-refractivity contribution < 1.29 is 13.2 Å². The third-order valence-electron chi connectivity index (χ3n) is 2.01. The van der Waals surface area contributed by atoms with E-state index in [9.17, 15) is 13.2 Å². The number of alkyl halides is 3. The van der Waals surface area contributed by atoms with Crippen LogP contribution in [0.1, 0.15) is 18.4 Å². The van der Waals surface area contributed by atoms with E-state index in [1.807, 2.05) is 6.07 Å². The lowest BCUT2D eigenvalue weighted by molar-refractivity contribution is -0.138. The second-order valence-corrected chi connectivity index (χ2v) is 4.17. The van der Waals surface area contributed by atoms with Gasteiger partial charge in [0.1, 0.15) is 0 Å². The minimum absolute atomic E-state index is 0.162. The normalized spacial score (nSPS) is 13.2. The monoisotopic (exact) mass is 250 g/mol. The molecule has 0 aliphatic rings. The predicted molar refractivity (Wildman–Crippen MR) is 53.0 cm³/mol. The van der Waals surface area contributed by atoms with E-state index in [0.717, 1.165) is 0 Å². The topological polar surface area (TPSA) is 52.8 Å². The van der Waals surface area contributed by atoms with Gasteiger partial charge < -0.3 is 4.90 Å². The molecule has 8 heteroatoms. The van der Waals surface area contributed by atoms with Crippen molar-refractivity contribution in [2.24, 2.45) is 0 Å². The van der Waals surface area contributed by atoms with Gasteiger partial charge in [-0.1, -0.05) is 11.3 Å². The van der Waals surface area contributed by atoms with Crippen LogP contribution in [0.4, 0.5) is 18.3 Å². The van der Waals surface area contributed by atoms with Gasteiger partial charge in [-0.05, 0) is 6.92 Å². The van der Waals surface area contributed by atoms with Crippen LogP contribution >= 0.6 is 11.3 Å². The first-order valence-corrected chi connectivity index (χ1v) is 5.18. The van der Waals surface area contributed by atoms with E-state index in [2.05, 4.69) is 10.2 Å². The largest absolute Gasteiger partial charge is 0.445 e. The molecule has 1 unspecified atom stereocenters. The molecule has 1 rings (SSSR count). The molecule has 1 heterocycles. The van der Waals surface area contributed by atoms with Gasteiger partial charge in [-0.25, -0.2) is 0 Å². The van der Waals surface area contributed by atoms with Crippen molar-refractivity contribution in [1.82, 2.24) is 10.2 Å². The van der Waals surface area contributed by atoms with Gasteiger partial charge in [0.25, 0.3) is 0 Å². The SMILES string of the molecule is CC(CC#N)N(C)c1nnc(C(F)(F)F)s1. The molecular formula is C8H9F3N4S. The molecular weight excluding hydrogens is 241 g/mol. The van der Waals surface area contributed by atoms with E-state index in [0.29, 0.717) is 11.3 Å². The Morgan fingerprint density at radius 3 is 2.56 bits per heavy atom. The molecule has 0 aromatic carbocycles. The lowest BCUT2D eigenvalue weighted by Crippen LogP contribution is -2.28. The highest BCUT2D eigenvalue weighted by Crippen LogP contribution is 2.34. The van der Waals surface area contributed by atoms with Crippen LogP contribution in [-0.2, 0) is 6.18 Å². The zero-order valence-corrected chi connectivity index (χ0v) is 9.43. The van der Waals surface area contributed by atoms with Crippen LogP contribution < -0.4 is 4.90 Å². The van der Waals surface area contributed by atoms with Gasteiger partial charge in [-0.15, -0.1) is 10.2 Å². The predicted octanol–water partition coefficient (Wildman–Crippen LogP) is 2.30. The Morgan fingerprint density at radius 2 is 2.12 bits per heavy atom. The molecule has 4 nitrogen and oxygen atoms in total. The van der Waals surface area contributed by atoms with Gasteiger partial charge in [0, 0.05) is 13.1 Å². The zero-order chi connectivity index (χ0) is 12.3. The molecule has 0 amide bonds. The van der Waals surface area contributed by atoms with Crippen molar-refractivity contribution in [3.63, 3.8) is 0 Å². The minimum atomic E-state index is -4.46. The summed E-state index contributed by atoms with van der Waals surface area (Å²) in [5, 5.41) is 14.2. The van der Waals surface area contributed by atoms with E-state index < -0.39 is 11.2 Å². The van der Waals surface area contributed by atoms with Gasteiger partial charge in [-0.2, -0.15) is 18.4 Å². The molecule has 88 valence electrons. The van der Waals surface area contributed by atoms with Gasteiger partial charge in [0.2, 0.25) is 10.1 Å². The molecule has 1 aromatic rings. The first kappa shape index (κ1) is 12.7. The summed E-state index contributed by atoms with van der Waals surface area (Å²) in [7, 11) is 1.59. The molecule has 0 aliphatic carbocycles. The number of hydrogen-bond acceptors (Lipinski definition) is 5. The maximum atomic E-state index is 12.3. The Labute approximate surface area is 94.3 Å². The highest BCUT2D eigenvalue weighted by atomic mass is 32.1. The quantitative estimate of drug-likeness (QED) is 0.826. The summed E-state index contributed by atoms with van der Waals surface area (Å²) in [6, 6.07) is 1.75. The summed E-state index contributed by atoms with van der Waals surface area (Å²) in [6.07, 6.45) is -4.24. The summed E-state index contributed by atoms with van der Waals surface area (Å²) in [5.41, 5.74) is 0. The smallest absolute Gasteiger partial charge is 0.346 e. The molecule has 0 aliphatic heterocycles. The highest BCUT2D eigenvalue weighted by Gasteiger charge is 2.36. The molecule has 0 saturated heterocycles. The highest BCUT2D eigenvalue weighted by molar-refractivity contribution is 7.15. The molecule has 16 heavy (non-hydrogen) atoms. The van der Waals surface area contributed by atoms with Crippen LogP contribution in [0, 0.1) is 11.3 Å². The van der Waals surface area contributed by atoms with Crippen LogP contribution in [0.3, 0.4) is 0 Å². The van der Waals surface area contributed by atoms with Crippen molar-refractivity contribution in [2.45, 2.75) is 25.6 Å². The Balaban J connectivity index is 2.83. The van der Waals surface area contributed by atoms with E-state index in [4.69, 9.17) is 5.26 Å². The van der Waals surface area contributed by atoms with E-state index in [-0.39, 0.29) is 17.6 Å². The van der Waals surface area contributed by atoms with Crippen LogP contribution in [0.2, 0.25) is 0 Å². The number of hydrogen-bond donors (Lipinski definition) is 0. The molecule has 0 bridgehead atoms. The number of rotatable bonds is 3. The Bertz CT molecular complexity index is 395. The van der Waals surface area contributed by atoms with E-state index in [1.165, 1.54) is 4.90 Å². The second-order valence-electron chi connectivity index (χ2n) is 3.21. The van der Waals surface area contributed by atoms with Crippen LogP contribution in [-0.4, -0.2) is 23.3 Å². The van der Waals surface area contributed by atoms with Gasteiger partial charge in [-0.3, -0.25) is 0 Å². The lowest BCUT2D eigenvalue weighted by atomic mass is 10.2. The van der Waals surface area contributed by atoms with Gasteiger partial charge in [0.05, 0.1) is 12.5 Å². The van der Waals surface area contributed by atoms with Crippen molar-refractivity contribution >= 4 is 16.5 Å². The van der Waals surface area contributed by atoms with Crippen molar-refractivity contribution in [3.05, 3.63) is 5.01 Å². The third kappa shape index (κ3) is 2.82. The minimum Gasteiger partial charge on any atom is -0.346 e. The lowest BCUT2D eigenvalue weighted by Gasteiger charge is -2.20. The van der Waals surface area contributed by atoms with Crippen molar-refractivity contribution in [2.75, 3.05) is 11.9 Å². The maximum Gasteiger partial charge on any atom is 0.445 e. The third-order valence-corrected chi connectivity index (χ3v) is 3.07. The maximum absolute atomic E-state index is 12.3. The first-order valence-electron chi connectivity index (χ1n) is 4.36. The molecule has 1 atom stereocenters. The summed E-state index contributed by atoms with van der Waals surface area (Å²) in [4.78, 5) is 1.51. The second kappa shape index (κ2) is 4.65. The first-order chi connectivity index (χ1) is 7.36. The fourth-order valence-corrected chi connectivity index (χ4v) is 1.71. The summed E-state index contributed by atoms with van der Waals surface area (Å²) >= 11 is 0.471. The van der Waals surface area contributed by atoms with Crippen LogP contribution in [0.15, 0.2) is 0 Å². The summed E-state index contributed by atoms with van der Waals surface area (Å²) < 4.78 is 36.8. The standard InChI is InChI=1S/C8H9F3N4S/c1-5(3-4-12)15(2)7-14-13-6(16-7)8(9,10)11/h5H,3H2,1-2H3. The number of nitrogens with zero attached hydrogens (tertiary/aromatic N) is 4. The van der Waals surface area contributed by atoms with E-state index in [1.54, 1.807) is 14.0 Å². The average Bonchev–Trinajstić information content (AvgIpc) is 2.65. The Kier molecular flexibility index (Phi) is 3.70. The van der Waals surface area contributed by atoms with Crippen LogP contribution in [0.5, 0.6) is 0 Å². The molecule has 0 spiro atoms. The molecule has 0 radical (unpaired) electrons. The molecule has 0 N–H and O–H groups in total. The fraction of sp³-hybridized carbons (Fsp3) is 0.625.